The van der Waals surface area contributed by atoms with E-state index in [4.69, 9.17) is 0 Å². The van der Waals surface area contributed by atoms with Crippen LogP contribution in [0.25, 0.3) is 10.8 Å². The Morgan fingerprint density at radius 3 is 2.27 bits per heavy atom. The summed E-state index contributed by atoms with van der Waals surface area (Å²) in [4.78, 5) is 49.0. The standard InChI is InChI=1S/C21H21N5O4/c1-2-12-26-21(30)16-11-7-6-10-15(16)18(25-26)20(29)24-23-17(27)13-22-19(28)14-8-4-3-5-9-14/h3-11H,2,12-13H2,1H3,(H,22,28)(H,23,27)(H,24,29). The molecule has 0 saturated carbocycles. The monoisotopic (exact) mass is 407 g/mol. The molecule has 0 unspecified atom stereocenters. The van der Waals surface area contributed by atoms with Gasteiger partial charge in [-0.1, -0.05) is 43.3 Å². The van der Waals surface area contributed by atoms with Gasteiger partial charge in [-0.3, -0.25) is 30.0 Å². The van der Waals surface area contributed by atoms with Crippen molar-refractivity contribution < 1.29 is 14.4 Å². The molecule has 1 heterocycles. The zero-order valence-electron chi connectivity index (χ0n) is 16.3. The molecule has 2 aromatic carbocycles. The van der Waals surface area contributed by atoms with Crippen LogP contribution in [0.15, 0.2) is 59.4 Å². The van der Waals surface area contributed by atoms with E-state index in [9.17, 15) is 19.2 Å². The first kappa shape index (κ1) is 20.7. The average Bonchev–Trinajstić information content (AvgIpc) is 2.78. The van der Waals surface area contributed by atoms with E-state index in [2.05, 4.69) is 21.3 Å². The second-order valence-corrected chi connectivity index (χ2v) is 6.47. The lowest BCUT2D eigenvalue weighted by atomic mass is 10.1. The Morgan fingerprint density at radius 1 is 0.900 bits per heavy atom. The van der Waals surface area contributed by atoms with E-state index < -0.39 is 17.7 Å². The molecule has 154 valence electrons. The molecule has 0 aliphatic carbocycles. The maximum Gasteiger partial charge on any atom is 0.290 e. The highest BCUT2D eigenvalue weighted by molar-refractivity contribution is 6.05. The Bertz CT molecular complexity index is 1140. The van der Waals surface area contributed by atoms with Crippen molar-refractivity contribution in [1.29, 1.82) is 0 Å². The molecule has 0 aliphatic heterocycles. The fourth-order valence-corrected chi connectivity index (χ4v) is 2.85. The van der Waals surface area contributed by atoms with Crippen LogP contribution in [0.5, 0.6) is 0 Å². The Balaban J connectivity index is 1.66. The van der Waals surface area contributed by atoms with Crippen LogP contribution in [-0.2, 0) is 11.3 Å². The Hall–Kier alpha value is -4.01. The van der Waals surface area contributed by atoms with Gasteiger partial charge in [-0.2, -0.15) is 5.10 Å². The number of hydrogen-bond acceptors (Lipinski definition) is 5. The van der Waals surface area contributed by atoms with Gasteiger partial charge in [0.05, 0.1) is 11.9 Å². The molecule has 3 aromatic rings. The predicted octanol–water partition coefficient (Wildman–Crippen LogP) is 0.998. The number of benzene rings is 2. The van der Waals surface area contributed by atoms with Gasteiger partial charge in [0.15, 0.2) is 5.69 Å². The molecule has 0 radical (unpaired) electrons. The van der Waals surface area contributed by atoms with E-state index in [0.717, 1.165) is 0 Å². The second kappa shape index (κ2) is 9.46. The van der Waals surface area contributed by atoms with Crippen LogP contribution in [-0.4, -0.2) is 34.0 Å². The van der Waals surface area contributed by atoms with Gasteiger partial charge in [-0.15, -0.1) is 0 Å². The lowest BCUT2D eigenvalue weighted by molar-refractivity contribution is -0.120. The molecule has 3 N–H and O–H groups in total. The van der Waals surface area contributed by atoms with Crippen molar-refractivity contribution in [2.45, 2.75) is 19.9 Å². The van der Waals surface area contributed by atoms with Crippen LogP contribution >= 0.6 is 0 Å². The number of nitrogens with one attached hydrogen (secondary N) is 3. The number of carbonyl (C=O) groups excluding carboxylic acids is 3. The molecular weight excluding hydrogens is 386 g/mol. The summed E-state index contributed by atoms with van der Waals surface area (Å²) >= 11 is 0. The summed E-state index contributed by atoms with van der Waals surface area (Å²) in [5.74, 6) is -1.69. The third-order valence-corrected chi connectivity index (χ3v) is 4.28. The summed E-state index contributed by atoms with van der Waals surface area (Å²) in [6, 6.07) is 15.1. The van der Waals surface area contributed by atoms with Crippen LogP contribution < -0.4 is 21.7 Å². The second-order valence-electron chi connectivity index (χ2n) is 6.47. The van der Waals surface area contributed by atoms with E-state index in [-0.39, 0.29) is 17.8 Å². The van der Waals surface area contributed by atoms with Gasteiger partial charge in [0, 0.05) is 17.5 Å². The minimum Gasteiger partial charge on any atom is -0.343 e. The fourth-order valence-electron chi connectivity index (χ4n) is 2.85. The number of amides is 3. The van der Waals surface area contributed by atoms with E-state index in [1.165, 1.54) is 4.68 Å². The first-order valence-electron chi connectivity index (χ1n) is 9.43. The highest BCUT2D eigenvalue weighted by Gasteiger charge is 2.17. The SMILES string of the molecule is CCCn1nc(C(=O)NNC(=O)CNC(=O)c2ccccc2)c2ccccc2c1=O. The highest BCUT2D eigenvalue weighted by Crippen LogP contribution is 2.13. The first-order valence-corrected chi connectivity index (χ1v) is 9.43. The van der Waals surface area contributed by atoms with E-state index >= 15 is 0 Å². The summed E-state index contributed by atoms with van der Waals surface area (Å²) in [5, 5.41) is 7.37. The van der Waals surface area contributed by atoms with Crippen LogP contribution in [0.3, 0.4) is 0 Å². The van der Waals surface area contributed by atoms with E-state index in [0.29, 0.717) is 29.3 Å². The molecule has 30 heavy (non-hydrogen) atoms. The molecule has 0 bridgehead atoms. The largest absolute Gasteiger partial charge is 0.343 e. The Morgan fingerprint density at radius 2 is 1.57 bits per heavy atom. The molecular formula is C21H21N5O4. The summed E-state index contributed by atoms with van der Waals surface area (Å²) < 4.78 is 1.24. The number of nitrogens with zero attached hydrogens (tertiary/aromatic N) is 2. The number of hydrazine groups is 1. The average molecular weight is 407 g/mol. The smallest absolute Gasteiger partial charge is 0.290 e. The van der Waals surface area contributed by atoms with Gasteiger partial charge in [0.25, 0.3) is 23.3 Å². The maximum absolute atomic E-state index is 12.6. The normalized spacial score (nSPS) is 10.4. The van der Waals surface area contributed by atoms with Gasteiger partial charge >= 0.3 is 0 Å². The van der Waals surface area contributed by atoms with Crippen molar-refractivity contribution in [3.05, 3.63) is 76.2 Å². The number of fused-ring (bicyclic) bond motifs is 1. The van der Waals surface area contributed by atoms with Crippen molar-refractivity contribution >= 4 is 28.5 Å². The highest BCUT2D eigenvalue weighted by atomic mass is 16.2. The minimum atomic E-state index is -0.668. The Labute approximate surface area is 172 Å². The number of aryl methyl sites for hydroxylation is 1. The molecule has 3 amide bonds. The molecule has 9 nitrogen and oxygen atoms in total. The number of hydrogen-bond donors (Lipinski definition) is 3. The van der Waals surface area contributed by atoms with Gasteiger partial charge in [-0.05, 0) is 24.6 Å². The maximum atomic E-state index is 12.6. The van der Waals surface area contributed by atoms with Crippen molar-refractivity contribution in [3.8, 4) is 0 Å². The minimum absolute atomic E-state index is 0.0206. The first-order chi connectivity index (χ1) is 14.5. The summed E-state index contributed by atoms with van der Waals surface area (Å²) in [5.41, 5.74) is 4.67. The molecule has 0 fully saturated rings. The quantitative estimate of drug-likeness (QED) is 0.526. The molecule has 9 heteroatoms. The Kier molecular flexibility index (Phi) is 6.53. The van der Waals surface area contributed by atoms with Crippen molar-refractivity contribution in [2.24, 2.45) is 0 Å². The molecule has 0 spiro atoms. The van der Waals surface area contributed by atoms with E-state index in [1.807, 2.05) is 6.92 Å². The van der Waals surface area contributed by atoms with Crippen LogP contribution in [0, 0.1) is 0 Å². The van der Waals surface area contributed by atoms with Crippen LogP contribution in [0.4, 0.5) is 0 Å². The van der Waals surface area contributed by atoms with E-state index in [1.54, 1.807) is 54.6 Å². The fraction of sp³-hybridized carbons (Fsp3) is 0.190. The molecule has 0 aliphatic rings. The lowest BCUT2D eigenvalue weighted by Crippen LogP contribution is -2.47. The summed E-state index contributed by atoms with van der Waals surface area (Å²) in [6.45, 7) is 1.94. The molecule has 3 rings (SSSR count). The molecule has 0 atom stereocenters. The molecule has 0 saturated heterocycles. The molecule has 1 aromatic heterocycles. The van der Waals surface area contributed by atoms with Crippen molar-refractivity contribution in [3.63, 3.8) is 0 Å². The summed E-state index contributed by atoms with van der Waals surface area (Å²) in [6.07, 6.45) is 0.671. The van der Waals surface area contributed by atoms with Gasteiger partial charge in [-0.25, -0.2) is 4.68 Å². The van der Waals surface area contributed by atoms with Crippen molar-refractivity contribution in [1.82, 2.24) is 25.9 Å². The van der Waals surface area contributed by atoms with Gasteiger partial charge in [0.1, 0.15) is 0 Å². The van der Waals surface area contributed by atoms with Crippen LogP contribution in [0.2, 0.25) is 0 Å². The lowest BCUT2D eigenvalue weighted by Gasteiger charge is -2.11. The van der Waals surface area contributed by atoms with Crippen LogP contribution in [0.1, 0.15) is 34.2 Å². The zero-order valence-corrected chi connectivity index (χ0v) is 16.3. The number of aromatic nitrogens is 2. The number of carbonyl (C=O) groups is 3. The third kappa shape index (κ3) is 4.69. The predicted molar refractivity (Wildman–Crippen MR) is 111 cm³/mol. The summed E-state index contributed by atoms with van der Waals surface area (Å²) in [7, 11) is 0. The van der Waals surface area contributed by atoms with Gasteiger partial charge in [0.2, 0.25) is 0 Å². The zero-order chi connectivity index (χ0) is 21.5. The van der Waals surface area contributed by atoms with Gasteiger partial charge < -0.3 is 5.32 Å². The van der Waals surface area contributed by atoms with Crippen molar-refractivity contribution in [2.75, 3.05) is 6.54 Å². The third-order valence-electron chi connectivity index (χ3n) is 4.28. The number of rotatable bonds is 6. The topological polar surface area (TPSA) is 122 Å².